The van der Waals surface area contributed by atoms with E-state index in [1.165, 1.54) is 11.1 Å². The Morgan fingerprint density at radius 2 is 1.86 bits per heavy atom. The molecule has 3 heterocycles. The first-order valence-electron chi connectivity index (χ1n) is 12.4. The summed E-state index contributed by atoms with van der Waals surface area (Å²) in [7, 11) is 0. The molecule has 1 fully saturated rings. The number of nitrogens with one attached hydrogen (secondary N) is 1. The topological polar surface area (TPSA) is 80.1 Å². The van der Waals surface area contributed by atoms with E-state index in [9.17, 15) is 9.59 Å². The van der Waals surface area contributed by atoms with E-state index in [1.54, 1.807) is 10.8 Å². The Morgan fingerprint density at radius 1 is 1.06 bits per heavy atom. The van der Waals surface area contributed by atoms with Crippen LogP contribution in [0.3, 0.4) is 0 Å². The quantitative estimate of drug-likeness (QED) is 0.450. The minimum Gasteiger partial charge on any atom is -0.351 e. The summed E-state index contributed by atoms with van der Waals surface area (Å²) in [5.41, 5.74) is 6.37. The number of pyridine rings is 1. The van der Waals surface area contributed by atoms with Gasteiger partial charge in [0.1, 0.15) is 5.52 Å². The number of aryl methyl sites for hydroxylation is 3. The Labute approximate surface area is 210 Å². The lowest BCUT2D eigenvalue weighted by Crippen LogP contribution is -2.44. The lowest BCUT2D eigenvalue weighted by Gasteiger charge is -2.32. The molecule has 0 aliphatic carbocycles. The van der Waals surface area contributed by atoms with Gasteiger partial charge in [-0.1, -0.05) is 35.9 Å². The Bertz CT molecular complexity index is 1480. The van der Waals surface area contributed by atoms with Gasteiger partial charge < -0.3 is 10.2 Å². The zero-order valence-corrected chi connectivity index (χ0v) is 21.0. The average Bonchev–Trinajstić information content (AvgIpc) is 2.89. The summed E-state index contributed by atoms with van der Waals surface area (Å²) in [6.45, 7) is 7.68. The summed E-state index contributed by atoms with van der Waals surface area (Å²) in [6, 6.07) is 17.8. The highest BCUT2D eigenvalue weighted by atomic mass is 16.2. The predicted octanol–water partition coefficient (Wildman–Crippen LogP) is 4.62. The first kappa shape index (κ1) is 23.7. The van der Waals surface area contributed by atoms with Gasteiger partial charge in [0.25, 0.3) is 5.56 Å². The van der Waals surface area contributed by atoms with Gasteiger partial charge in [0, 0.05) is 25.0 Å². The molecule has 5 rings (SSSR count). The van der Waals surface area contributed by atoms with E-state index in [0.717, 1.165) is 29.7 Å². The molecule has 36 heavy (non-hydrogen) atoms. The number of nitrogens with zero attached hydrogens (tertiary/aromatic N) is 4. The van der Waals surface area contributed by atoms with Gasteiger partial charge in [-0.15, -0.1) is 0 Å². The summed E-state index contributed by atoms with van der Waals surface area (Å²) in [6.07, 6.45) is 3.28. The highest BCUT2D eigenvalue weighted by molar-refractivity contribution is 5.93. The fraction of sp³-hybridized carbons (Fsp3) is 0.310. The smallest absolute Gasteiger partial charge is 0.295 e. The van der Waals surface area contributed by atoms with Gasteiger partial charge in [0.15, 0.2) is 11.5 Å². The highest BCUT2D eigenvalue weighted by Crippen LogP contribution is 2.23. The molecule has 0 saturated carbocycles. The van der Waals surface area contributed by atoms with Crippen LogP contribution >= 0.6 is 0 Å². The number of aromatic nitrogens is 3. The van der Waals surface area contributed by atoms with E-state index in [0.29, 0.717) is 36.6 Å². The minimum absolute atomic E-state index is 0.0228. The van der Waals surface area contributed by atoms with Crippen molar-refractivity contribution in [1.29, 1.82) is 0 Å². The number of rotatable bonds is 5. The number of anilines is 2. The SMILES string of the molecule is Cc1ccc(Cn2c(=O)c(N3CCC[C@@H](C(=O)Nc4ccc(C)c(C)c4)C3)nc3cccnc32)cc1. The van der Waals surface area contributed by atoms with Crippen molar-refractivity contribution >= 4 is 28.6 Å². The first-order chi connectivity index (χ1) is 17.4. The van der Waals surface area contributed by atoms with Crippen molar-refractivity contribution in [2.45, 2.75) is 40.2 Å². The van der Waals surface area contributed by atoms with Crippen LogP contribution in [0.2, 0.25) is 0 Å². The van der Waals surface area contributed by atoms with Gasteiger partial charge >= 0.3 is 0 Å². The predicted molar refractivity (Wildman–Crippen MR) is 144 cm³/mol. The number of piperidine rings is 1. The molecule has 2 aromatic carbocycles. The largest absolute Gasteiger partial charge is 0.351 e. The van der Waals surface area contributed by atoms with Gasteiger partial charge in [-0.25, -0.2) is 9.97 Å². The maximum absolute atomic E-state index is 13.7. The van der Waals surface area contributed by atoms with Crippen molar-refractivity contribution in [1.82, 2.24) is 14.5 Å². The third-order valence-electron chi connectivity index (χ3n) is 7.01. The van der Waals surface area contributed by atoms with Crippen LogP contribution in [0.1, 0.15) is 35.1 Å². The van der Waals surface area contributed by atoms with Gasteiger partial charge in [-0.2, -0.15) is 0 Å². The number of hydrogen-bond acceptors (Lipinski definition) is 5. The lowest BCUT2D eigenvalue weighted by atomic mass is 9.97. The molecule has 0 spiro atoms. The molecule has 1 aliphatic rings. The molecule has 0 radical (unpaired) electrons. The molecule has 1 amide bonds. The summed E-state index contributed by atoms with van der Waals surface area (Å²) in [4.78, 5) is 38.0. The minimum atomic E-state index is -0.225. The number of fused-ring (bicyclic) bond motifs is 1. The lowest BCUT2D eigenvalue weighted by molar-refractivity contribution is -0.120. The number of carbonyl (C=O) groups excluding carboxylic acids is 1. The van der Waals surface area contributed by atoms with E-state index in [4.69, 9.17) is 4.98 Å². The zero-order chi connectivity index (χ0) is 25.2. The van der Waals surface area contributed by atoms with Crippen LogP contribution in [-0.4, -0.2) is 33.5 Å². The average molecular weight is 482 g/mol. The van der Waals surface area contributed by atoms with Crippen molar-refractivity contribution in [3.8, 4) is 0 Å². The highest BCUT2D eigenvalue weighted by Gasteiger charge is 2.29. The van der Waals surface area contributed by atoms with Crippen molar-refractivity contribution in [3.05, 3.63) is 93.4 Å². The first-order valence-corrected chi connectivity index (χ1v) is 12.4. The van der Waals surface area contributed by atoms with Crippen LogP contribution in [0.5, 0.6) is 0 Å². The maximum Gasteiger partial charge on any atom is 0.295 e. The van der Waals surface area contributed by atoms with E-state index in [1.807, 2.05) is 73.3 Å². The number of amides is 1. The Hall–Kier alpha value is -4.00. The van der Waals surface area contributed by atoms with Crippen LogP contribution in [0.25, 0.3) is 11.2 Å². The van der Waals surface area contributed by atoms with Crippen LogP contribution in [0.4, 0.5) is 11.5 Å². The van der Waals surface area contributed by atoms with Crippen molar-refractivity contribution in [2.24, 2.45) is 5.92 Å². The normalized spacial score (nSPS) is 15.8. The molecule has 0 bridgehead atoms. The fourth-order valence-corrected chi connectivity index (χ4v) is 4.74. The van der Waals surface area contributed by atoms with E-state index in [2.05, 4.69) is 17.2 Å². The van der Waals surface area contributed by atoms with Gasteiger partial charge in [-0.05, 0) is 74.6 Å². The van der Waals surface area contributed by atoms with Crippen molar-refractivity contribution in [3.63, 3.8) is 0 Å². The second kappa shape index (κ2) is 9.93. The summed E-state index contributed by atoms with van der Waals surface area (Å²) in [5.74, 6) is 0.133. The van der Waals surface area contributed by atoms with Crippen molar-refractivity contribution < 1.29 is 4.79 Å². The van der Waals surface area contributed by atoms with E-state index in [-0.39, 0.29) is 17.4 Å². The van der Waals surface area contributed by atoms with Crippen LogP contribution in [0, 0.1) is 26.7 Å². The molecule has 1 atom stereocenters. The number of benzene rings is 2. The molecule has 1 saturated heterocycles. The molecular weight excluding hydrogens is 450 g/mol. The monoisotopic (exact) mass is 481 g/mol. The Balaban J connectivity index is 1.43. The molecule has 184 valence electrons. The van der Waals surface area contributed by atoms with Crippen LogP contribution in [-0.2, 0) is 11.3 Å². The summed E-state index contributed by atoms with van der Waals surface area (Å²) >= 11 is 0. The molecule has 0 unspecified atom stereocenters. The zero-order valence-electron chi connectivity index (χ0n) is 21.0. The van der Waals surface area contributed by atoms with E-state index >= 15 is 0 Å². The fourth-order valence-electron chi connectivity index (χ4n) is 4.74. The molecular formula is C29H31N5O2. The molecule has 7 nitrogen and oxygen atoms in total. The van der Waals surface area contributed by atoms with Crippen LogP contribution in [0.15, 0.2) is 65.6 Å². The molecule has 4 aromatic rings. The second-order valence-electron chi connectivity index (χ2n) is 9.73. The Morgan fingerprint density at radius 3 is 2.64 bits per heavy atom. The molecule has 7 heteroatoms. The Kier molecular flexibility index (Phi) is 6.55. The summed E-state index contributed by atoms with van der Waals surface area (Å²) in [5, 5.41) is 3.07. The molecule has 2 aromatic heterocycles. The third-order valence-corrected chi connectivity index (χ3v) is 7.01. The van der Waals surface area contributed by atoms with Gasteiger partial charge in [0.2, 0.25) is 5.91 Å². The second-order valence-corrected chi connectivity index (χ2v) is 9.73. The number of carbonyl (C=O) groups is 1. The molecule has 1 aliphatic heterocycles. The van der Waals surface area contributed by atoms with Crippen LogP contribution < -0.4 is 15.8 Å². The maximum atomic E-state index is 13.7. The van der Waals surface area contributed by atoms with Gasteiger partial charge in [0.05, 0.1) is 12.5 Å². The summed E-state index contributed by atoms with van der Waals surface area (Å²) < 4.78 is 1.70. The number of hydrogen-bond donors (Lipinski definition) is 1. The standard InChI is InChI=1S/C29H31N5O2/c1-19-8-11-22(12-9-19)17-34-26-25(7-4-14-30-26)32-27(29(34)36)33-15-5-6-23(18-33)28(35)31-24-13-10-20(2)21(3)16-24/h4,7-14,16,23H,5-6,15,17-18H2,1-3H3,(H,31,35)/t23-/m1/s1. The van der Waals surface area contributed by atoms with E-state index < -0.39 is 0 Å². The third kappa shape index (κ3) is 4.87. The molecule has 1 N–H and O–H groups in total. The van der Waals surface area contributed by atoms with Gasteiger partial charge in [-0.3, -0.25) is 14.2 Å². The van der Waals surface area contributed by atoms with Crippen molar-refractivity contribution in [2.75, 3.05) is 23.3 Å².